The van der Waals surface area contributed by atoms with Gasteiger partial charge < -0.3 is 9.32 Å². The Kier molecular flexibility index (Phi) is 4.74. The highest BCUT2D eigenvalue weighted by atomic mass is 79.9. The highest BCUT2D eigenvalue weighted by Gasteiger charge is 2.42. The minimum Gasteiger partial charge on any atom is -0.450 e. The number of nitrogens with zero attached hydrogens (tertiary/aromatic N) is 1. The summed E-state index contributed by atoms with van der Waals surface area (Å²) in [6.45, 7) is 2.31. The zero-order chi connectivity index (χ0) is 21.7. The van der Waals surface area contributed by atoms with Gasteiger partial charge >= 0.3 is 0 Å². The Hall–Kier alpha value is -3.25. The first-order chi connectivity index (χ1) is 14.9. The molecule has 1 aliphatic heterocycles. The Morgan fingerprint density at radius 2 is 1.81 bits per heavy atom. The van der Waals surface area contributed by atoms with Gasteiger partial charge in [0.25, 0.3) is 5.91 Å². The van der Waals surface area contributed by atoms with Crippen LogP contribution in [-0.2, 0) is 6.54 Å². The summed E-state index contributed by atoms with van der Waals surface area (Å²) in [6.07, 6.45) is 0. The summed E-state index contributed by atoms with van der Waals surface area (Å²) in [7, 11) is 0. The van der Waals surface area contributed by atoms with Crippen molar-refractivity contribution < 1.29 is 13.6 Å². The van der Waals surface area contributed by atoms with E-state index in [1.54, 1.807) is 4.90 Å². The first-order valence-corrected chi connectivity index (χ1v) is 10.6. The van der Waals surface area contributed by atoms with Crippen molar-refractivity contribution in [1.82, 2.24) is 4.90 Å². The number of fused-ring (bicyclic) bond motifs is 2. The molecule has 0 saturated heterocycles. The lowest BCUT2D eigenvalue weighted by molar-refractivity contribution is 0.0714. The van der Waals surface area contributed by atoms with Crippen LogP contribution in [0.3, 0.4) is 0 Å². The van der Waals surface area contributed by atoms with Crippen molar-refractivity contribution >= 4 is 32.8 Å². The van der Waals surface area contributed by atoms with Gasteiger partial charge in [-0.2, -0.15) is 0 Å². The standard InChI is InChI=1S/C25H17BrFNO3/c1-14-5-7-15(8-6-14)13-28-22(16-3-2-4-17(26)11-16)21-23(29)19-12-18(27)9-10-20(19)31-24(21)25(28)30/h2-12,22H,13H2,1H3. The first kappa shape index (κ1) is 19.7. The summed E-state index contributed by atoms with van der Waals surface area (Å²) in [5.74, 6) is -0.871. The highest BCUT2D eigenvalue weighted by molar-refractivity contribution is 9.10. The lowest BCUT2D eigenvalue weighted by atomic mass is 9.98. The molecule has 1 atom stereocenters. The van der Waals surface area contributed by atoms with Gasteiger partial charge in [0.15, 0.2) is 5.43 Å². The van der Waals surface area contributed by atoms with Crippen LogP contribution in [0.25, 0.3) is 11.0 Å². The molecule has 1 aromatic heterocycles. The lowest BCUT2D eigenvalue weighted by Gasteiger charge is -2.25. The van der Waals surface area contributed by atoms with E-state index >= 15 is 0 Å². The van der Waals surface area contributed by atoms with Crippen LogP contribution in [0, 0.1) is 12.7 Å². The molecular weight excluding hydrogens is 461 g/mol. The van der Waals surface area contributed by atoms with E-state index in [0.29, 0.717) is 6.54 Å². The van der Waals surface area contributed by atoms with Crippen molar-refractivity contribution in [3.05, 3.63) is 115 Å². The monoisotopic (exact) mass is 477 g/mol. The van der Waals surface area contributed by atoms with Crippen molar-refractivity contribution in [2.24, 2.45) is 0 Å². The van der Waals surface area contributed by atoms with Gasteiger partial charge in [-0.1, -0.05) is 57.9 Å². The second kappa shape index (κ2) is 7.46. The van der Waals surface area contributed by atoms with Crippen molar-refractivity contribution in [1.29, 1.82) is 0 Å². The van der Waals surface area contributed by atoms with E-state index in [4.69, 9.17) is 4.42 Å². The van der Waals surface area contributed by atoms with Gasteiger partial charge in [-0.05, 0) is 48.4 Å². The average molecular weight is 478 g/mol. The third kappa shape index (κ3) is 3.37. The predicted molar refractivity (Wildman–Crippen MR) is 119 cm³/mol. The number of hydrogen-bond donors (Lipinski definition) is 0. The summed E-state index contributed by atoms with van der Waals surface area (Å²) in [5, 5.41) is 0.128. The molecule has 0 radical (unpaired) electrons. The zero-order valence-electron chi connectivity index (χ0n) is 16.6. The number of halogens is 2. The third-order valence-corrected chi connectivity index (χ3v) is 6.06. The molecule has 0 aliphatic carbocycles. The zero-order valence-corrected chi connectivity index (χ0v) is 18.1. The second-order valence-electron chi connectivity index (χ2n) is 7.69. The molecule has 0 bridgehead atoms. The van der Waals surface area contributed by atoms with Gasteiger partial charge in [-0.15, -0.1) is 0 Å². The fourth-order valence-corrected chi connectivity index (χ4v) is 4.49. The van der Waals surface area contributed by atoms with Crippen molar-refractivity contribution in [2.45, 2.75) is 19.5 Å². The predicted octanol–water partition coefficient (Wildman–Crippen LogP) is 5.75. The summed E-state index contributed by atoms with van der Waals surface area (Å²) in [5.41, 5.74) is 2.89. The second-order valence-corrected chi connectivity index (χ2v) is 8.61. The highest BCUT2D eigenvalue weighted by Crippen LogP contribution is 2.39. The fourth-order valence-electron chi connectivity index (χ4n) is 4.07. The fraction of sp³-hybridized carbons (Fsp3) is 0.120. The first-order valence-electron chi connectivity index (χ1n) is 9.80. The van der Waals surface area contributed by atoms with Crippen LogP contribution in [0.5, 0.6) is 0 Å². The number of benzene rings is 3. The van der Waals surface area contributed by atoms with E-state index in [0.717, 1.165) is 27.2 Å². The number of aryl methyl sites for hydroxylation is 1. The van der Waals surface area contributed by atoms with Crippen LogP contribution < -0.4 is 5.43 Å². The van der Waals surface area contributed by atoms with E-state index in [2.05, 4.69) is 15.9 Å². The molecule has 4 aromatic rings. The largest absolute Gasteiger partial charge is 0.450 e. The van der Waals surface area contributed by atoms with Gasteiger partial charge in [0.2, 0.25) is 5.76 Å². The average Bonchev–Trinajstić information content (AvgIpc) is 3.02. The SMILES string of the molecule is Cc1ccc(CN2C(=O)c3oc4ccc(F)cc4c(=O)c3C2c2cccc(Br)c2)cc1. The molecule has 31 heavy (non-hydrogen) atoms. The molecule has 2 heterocycles. The molecule has 0 N–H and O–H groups in total. The van der Waals surface area contributed by atoms with Crippen molar-refractivity contribution in [3.63, 3.8) is 0 Å². The molecule has 0 fully saturated rings. The maximum Gasteiger partial charge on any atom is 0.291 e. The Labute approximate surface area is 186 Å². The number of hydrogen-bond acceptors (Lipinski definition) is 3. The van der Waals surface area contributed by atoms with Crippen LogP contribution in [0.15, 0.2) is 80.4 Å². The Bertz CT molecular complexity index is 1390. The van der Waals surface area contributed by atoms with Crippen molar-refractivity contribution in [3.8, 4) is 0 Å². The molecule has 3 aromatic carbocycles. The molecular formula is C25H17BrFNO3. The molecule has 1 unspecified atom stereocenters. The molecule has 4 nitrogen and oxygen atoms in total. The Balaban J connectivity index is 1.73. The molecule has 154 valence electrons. The smallest absolute Gasteiger partial charge is 0.291 e. The van der Waals surface area contributed by atoms with Crippen LogP contribution in [-0.4, -0.2) is 10.8 Å². The normalized spacial score (nSPS) is 15.5. The molecule has 1 amide bonds. The number of rotatable bonds is 3. The summed E-state index contributed by atoms with van der Waals surface area (Å²) >= 11 is 3.47. The van der Waals surface area contributed by atoms with Crippen LogP contribution in [0.2, 0.25) is 0 Å². The van der Waals surface area contributed by atoms with E-state index in [9.17, 15) is 14.0 Å². The molecule has 5 rings (SSSR count). The van der Waals surface area contributed by atoms with E-state index < -0.39 is 11.9 Å². The number of carbonyl (C=O) groups excluding carboxylic acids is 1. The maximum absolute atomic E-state index is 13.9. The van der Waals surface area contributed by atoms with E-state index in [-0.39, 0.29) is 33.6 Å². The van der Waals surface area contributed by atoms with E-state index in [1.807, 2.05) is 55.5 Å². The molecule has 1 aliphatic rings. The van der Waals surface area contributed by atoms with E-state index in [1.165, 1.54) is 12.1 Å². The summed E-state index contributed by atoms with van der Waals surface area (Å²) in [6, 6.07) is 18.5. The van der Waals surface area contributed by atoms with Gasteiger partial charge in [-0.3, -0.25) is 9.59 Å². The topological polar surface area (TPSA) is 50.5 Å². The molecule has 0 spiro atoms. The van der Waals surface area contributed by atoms with Gasteiger partial charge in [0, 0.05) is 11.0 Å². The quantitative estimate of drug-likeness (QED) is 0.377. The minimum absolute atomic E-state index is 0.0150. The van der Waals surface area contributed by atoms with Crippen molar-refractivity contribution in [2.75, 3.05) is 0 Å². The molecule has 0 saturated carbocycles. The van der Waals surface area contributed by atoms with Gasteiger partial charge in [-0.25, -0.2) is 4.39 Å². The third-order valence-electron chi connectivity index (χ3n) is 5.57. The van der Waals surface area contributed by atoms with Gasteiger partial charge in [0.1, 0.15) is 11.4 Å². The molecule has 6 heteroatoms. The number of carbonyl (C=O) groups is 1. The minimum atomic E-state index is -0.634. The van der Waals surface area contributed by atoms with Crippen LogP contribution in [0.1, 0.15) is 38.9 Å². The Morgan fingerprint density at radius 1 is 1.03 bits per heavy atom. The Morgan fingerprint density at radius 3 is 2.55 bits per heavy atom. The van der Waals surface area contributed by atoms with Crippen LogP contribution >= 0.6 is 15.9 Å². The number of amides is 1. The summed E-state index contributed by atoms with van der Waals surface area (Å²) in [4.78, 5) is 28.5. The van der Waals surface area contributed by atoms with Crippen LogP contribution in [0.4, 0.5) is 4.39 Å². The maximum atomic E-state index is 13.9. The van der Waals surface area contributed by atoms with Gasteiger partial charge in [0.05, 0.1) is 17.0 Å². The lowest BCUT2D eigenvalue weighted by Crippen LogP contribution is -2.29. The summed E-state index contributed by atoms with van der Waals surface area (Å²) < 4.78 is 20.5.